The number of nitrogens with one attached hydrogen (secondary N) is 2. The van der Waals surface area contributed by atoms with Crippen LogP contribution in [0.3, 0.4) is 0 Å². The number of hydrogen-bond donors (Lipinski definition) is 2. The highest BCUT2D eigenvalue weighted by Crippen LogP contribution is 2.27. The zero-order valence-corrected chi connectivity index (χ0v) is 21.8. The topological polar surface area (TPSA) is 95.4 Å². The van der Waals surface area contributed by atoms with Crippen molar-refractivity contribution in [3.63, 3.8) is 0 Å². The molecule has 0 atom stereocenters. The van der Waals surface area contributed by atoms with Gasteiger partial charge >= 0.3 is 0 Å². The molecule has 37 heavy (non-hydrogen) atoms. The zero-order chi connectivity index (χ0) is 26.2. The van der Waals surface area contributed by atoms with Crippen molar-refractivity contribution in [1.82, 2.24) is 19.4 Å². The average Bonchev–Trinajstić information content (AvgIpc) is 3.28. The minimum Gasteiger partial charge on any atom is -0.367 e. The summed E-state index contributed by atoms with van der Waals surface area (Å²) in [6.45, 7) is 6.64. The van der Waals surface area contributed by atoms with Crippen LogP contribution in [0.25, 0.3) is 16.7 Å². The summed E-state index contributed by atoms with van der Waals surface area (Å²) in [6.07, 6.45) is 3.55. The smallest absolute Gasteiger partial charge is 0.235 e. The van der Waals surface area contributed by atoms with Crippen LogP contribution in [-0.4, -0.2) is 66.3 Å². The molecular formula is C26H30FN7O2S. The summed E-state index contributed by atoms with van der Waals surface area (Å²) in [5, 5.41) is 3.37. The van der Waals surface area contributed by atoms with Crippen molar-refractivity contribution in [3.8, 4) is 5.69 Å². The van der Waals surface area contributed by atoms with Gasteiger partial charge in [-0.05, 0) is 63.4 Å². The molecule has 2 aromatic carbocycles. The zero-order valence-electron chi connectivity index (χ0n) is 21.0. The molecule has 0 aliphatic carbocycles. The van der Waals surface area contributed by atoms with E-state index < -0.39 is 15.3 Å². The second kappa shape index (κ2) is 9.98. The number of likely N-dealkylation sites (N-methyl/N-ethyl adjacent to an activating group) is 1. The Morgan fingerprint density at radius 2 is 1.78 bits per heavy atom. The lowest BCUT2D eigenvalue weighted by Crippen LogP contribution is -2.44. The summed E-state index contributed by atoms with van der Waals surface area (Å²) in [5.41, 5.74) is 2.99. The van der Waals surface area contributed by atoms with Gasteiger partial charge in [0.05, 0.1) is 16.6 Å². The van der Waals surface area contributed by atoms with Gasteiger partial charge in [-0.25, -0.2) is 17.8 Å². The molecule has 0 bridgehead atoms. The van der Waals surface area contributed by atoms with Crippen LogP contribution in [0.1, 0.15) is 13.8 Å². The first-order valence-corrected chi connectivity index (χ1v) is 13.7. The van der Waals surface area contributed by atoms with E-state index in [2.05, 4.69) is 36.9 Å². The first kappa shape index (κ1) is 25.0. The Morgan fingerprint density at radius 3 is 2.51 bits per heavy atom. The molecule has 194 valence electrons. The predicted molar refractivity (Wildman–Crippen MR) is 146 cm³/mol. The molecule has 3 heterocycles. The van der Waals surface area contributed by atoms with Crippen LogP contribution in [-0.2, 0) is 10.0 Å². The van der Waals surface area contributed by atoms with Crippen LogP contribution in [0.5, 0.6) is 0 Å². The monoisotopic (exact) mass is 523 g/mol. The number of rotatable bonds is 7. The summed E-state index contributed by atoms with van der Waals surface area (Å²) in [4.78, 5) is 13.3. The van der Waals surface area contributed by atoms with E-state index in [1.54, 1.807) is 44.3 Å². The van der Waals surface area contributed by atoms with Crippen LogP contribution in [0, 0.1) is 5.82 Å². The van der Waals surface area contributed by atoms with Crippen molar-refractivity contribution in [1.29, 1.82) is 0 Å². The van der Waals surface area contributed by atoms with E-state index >= 15 is 0 Å². The van der Waals surface area contributed by atoms with E-state index in [-0.39, 0.29) is 5.82 Å². The van der Waals surface area contributed by atoms with E-state index in [1.807, 2.05) is 29.0 Å². The minimum atomic E-state index is -3.47. The molecule has 1 saturated heterocycles. The summed E-state index contributed by atoms with van der Waals surface area (Å²) >= 11 is 0. The maximum absolute atomic E-state index is 14.9. The van der Waals surface area contributed by atoms with Gasteiger partial charge in [-0.15, -0.1) is 0 Å². The van der Waals surface area contributed by atoms with E-state index in [4.69, 9.17) is 0 Å². The van der Waals surface area contributed by atoms with Crippen LogP contribution >= 0.6 is 0 Å². The fourth-order valence-corrected chi connectivity index (χ4v) is 4.90. The lowest BCUT2D eigenvalue weighted by Gasteiger charge is -2.34. The molecule has 1 aliphatic heterocycles. The highest BCUT2D eigenvalue weighted by molar-refractivity contribution is 7.93. The van der Waals surface area contributed by atoms with Gasteiger partial charge in [-0.2, -0.15) is 4.98 Å². The third-order valence-corrected chi connectivity index (χ3v) is 8.24. The van der Waals surface area contributed by atoms with Gasteiger partial charge in [0, 0.05) is 55.3 Å². The fourth-order valence-electron chi connectivity index (χ4n) is 4.21. The Kier molecular flexibility index (Phi) is 6.74. The number of piperazine rings is 1. The third-order valence-electron chi connectivity index (χ3n) is 6.48. The number of sulfonamides is 1. The van der Waals surface area contributed by atoms with Crippen molar-refractivity contribution in [2.24, 2.45) is 0 Å². The van der Waals surface area contributed by atoms with Crippen LogP contribution < -0.4 is 14.9 Å². The van der Waals surface area contributed by atoms with Crippen molar-refractivity contribution in [2.75, 3.05) is 48.2 Å². The van der Waals surface area contributed by atoms with Crippen molar-refractivity contribution < 1.29 is 12.8 Å². The number of aromatic nitrogens is 3. The van der Waals surface area contributed by atoms with Gasteiger partial charge in [-0.1, -0.05) is 6.07 Å². The second-order valence-electron chi connectivity index (χ2n) is 9.49. The van der Waals surface area contributed by atoms with E-state index in [0.717, 1.165) is 37.3 Å². The summed E-state index contributed by atoms with van der Waals surface area (Å²) in [7, 11) is -1.40. The predicted octanol–water partition coefficient (Wildman–Crippen LogP) is 4.21. The molecule has 0 spiro atoms. The molecule has 0 amide bonds. The lowest BCUT2D eigenvalue weighted by molar-refractivity contribution is 0.311. The molecule has 9 nitrogen and oxygen atoms in total. The highest BCUT2D eigenvalue weighted by atomic mass is 32.2. The van der Waals surface area contributed by atoms with E-state index in [1.165, 1.54) is 6.07 Å². The number of hydrogen-bond acceptors (Lipinski definition) is 7. The standard InChI is InChI=1S/C26H30FN7O2S/c1-18(2)37(35,36)31-21-5-4-6-22(15-21)34-10-9-19-17-28-26(30-25(19)34)29-20-7-8-24(23(27)16-20)33-13-11-32(3)12-14-33/h4-10,15-18,31H,11-14H2,1-3H3,(H,28,29,30). The Labute approximate surface area is 216 Å². The molecule has 0 radical (unpaired) electrons. The average molecular weight is 524 g/mol. The second-order valence-corrected chi connectivity index (χ2v) is 11.7. The van der Waals surface area contributed by atoms with Gasteiger partial charge < -0.3 is 19.7 Å². The van der Waals surface area contributed by atoms with E-state index in [9.17, 15) is 12.8 Å². The van der Waals surface area contributed by atoms with Gasteiger partial charge in [-0.3, -0.25) is 4.72 Å². The molecule has 0 saturated carbocycles. The molecule has 4 aromatic rings. The van der Waals surface area contributed by atoms with Gasteiger partial charge in [0.2, 0.25) is 16.0 Å². The first-order chi connectivity index (χ1) is 17.7. The number of nitrogens with zero attached hydrogens (tertiary/aromatic N) is 5. The molecule has 0 unspecified atom stereocenters. The molecule has 1 fully saturated rings. The number of benzene rings is 2. The Balaban J connectivity index is 1.39. The molecule has 2 aromatic heterocycles. The normalized spacial score (nSPS) is 14.9. The lowest BCUT2D eigenvalue weighted by atomic mass is 10.2. The maximum atomic E-state index is 14.9. The Hall–Kier alpha value is -3.70. The Bertz CT molecular complexity index is 1530. The fraction of sp³-hybridized carbons (Fsp3) is 0.308. The minimum absolute atomic E-state index is 0.292. The molecule has 1 aliphatic rings. The van der Waals surface area contributed by atoms with Crippen molar-refractivity contribution >= 4 is 44.1 Å². The van der Waals surface area contributed by atoms with Gasteiger partial charge in [0.1, 0.15) is 11.5 Å². The van der Waals surface area contributed by atoms with Crippen molar-refractivity contribution in [2.45, 2.75) is 19.1 Å². The third kappa shape index (κ3) is 5.37. The van der Waals surface area contributed by atoms with E-state index in [0.29, 0.717) is 28.7 Å². The Morgan fingerprint density at radius 1 is 1.00 bits per heavy atom. The maximum Gasteiger partial charge on any atom is 0.235 e. The summed E-state index contributed by atoms with van der Waals surface area (Å²) < 4.78 is 44.0. The number of anilines is 4. The highest BCUT2D eigenvalue weighted by Gasteiger charge is 2.18. The largest absolute Gasteiger partial charge is 0.367 e. The van der Waals surface area contributed by atoms with Gasteiger partial charge in [0.25, 0.3) is 0 Å². The first-order valence-electron chi connectivity index (χ1n) is 12.2. The summed E-state index contributed by atoms with van der Waals surface area (Å²) in [6, 6.07) is 14.1. The molecule has 11 heteroatoms. The number of fused-ring (bicyclic) bond motifs is 1. The molecule has 2 N–H and O–H groups in total. The SMILES string of the molecule is CC(C)S(=O)(=O)Nc1cccc(-n2ccc3cnc(Nc4ccc(N5CCN(C)CC5)c(F)c4)nc32)c1. The summed E-state index contributed by atoms with van der Waals surface area (Å²) in [5.74, 6) is 0.0375. The molecule has 5 rings (SSSR count). The van der Waals surface area contributed by atoms with Crippen LogP contribution in [0.4, 0.5) is 27.4 Å². The van der Waals surface area contributed by atoms with Crippen LogP contribution in [0.15, 0.2) is 60.9 Å². The van der Waals surface area contributed by atoms with Crippen molar-refractivity contribution in [3.05, 3.63) is 66.7 Å². The molecular weight excluding hydrogens is 493 g/mol. The quantitative estimate of drug-likeness (QED) is 0.375. The van der Waals surface area contributed by atoms with Crippen LogP contribution in [0.2, 0.25) is 0 Å². The number of halogens is 1. The van der Waals surface area contributed by atoms with Gasteiger partial charge in [0.15, 0.2) is 0 Å².